The van der Waals surface area contributed by atoms with Gasteiger partial charge in [-0.2, -0.15) is 0 Å². The van der Waals surface area contributed by atoms with E-state index in [1.165, 1.54) is 16.7 Å². The van der Waals surface area contributed by atoms with Gasteiger partial charge in [0.05, 0.1) is 0 Å². The molecule has 0 spiro atoms. The molecule has 2 aromatic rings. The first kappa shape index (κ1) is 18.6. The molecule has 130 valence electrons. The van der Waals surface area contributed by atoms with Gasteiger partial charge in [0.25, 0.3) is 0 Å². The highest BCUT2D eigenvalue weighted by Gasteiger charge is 2.24. The molecule has 0 aliphatic heterocycles. The van der Waals surface area contributed by atoms with Gasteiger partial charge in [-0.3, -0.25) is 0 Å². The standard InChI is InChI=1S/C23H32O/c1-8-22(4,5)24-21-15-13-20(14-16-21)23(6,7)19-11-9-18(10-12-19)17(2)3/h9-17H,8H2,1-7H3. The van der Waals surface area contributed by atoms with Gasteiger partial charge in [0, 0.05) is 5.41 Å². The van der Waals surface area contributed by atoms with Gasteiger partial charge in [0.15, 0.2) is 0 Å². The highest BCUT2D eigenvalue weighted by molar-refractivity contribution is 5.41. The molecule has 0 unspecified atom stereocenters. The van der Waals surface area contributed by atoms with E-state index in [4.69, 9.17) is 4.74 Å². The Balaban J connectivity index is 2.22. The van der Waals surface area contributed by atoms with Crippen LogP contribution in [0.2, 0.25) is 0 Å². The smallest absolute Gasteiger partial charge is 0.120 e. The Hall–Kier alpha value is -1.76. The van der Waals surface area contributed by atoms with E-state index in [1.54, 1.807) is 0 Å². The molecular formula is C23H32O. The molecule has 0 amide bonds. The normalized spacial score (nSPS) is 12.5. The molecule has 0 bridgehead atoms. The van der Waals surface area contributed by atoms with Crippen LogP contribution in [0.3, 0.4) is 0 Å². The van der Waals surface area contributed by atoms with E-state index in [2.05, 4.69) is 97.0 Å². The molecule has 0 fully saturated rings. The Morgan fingerprint density at radius 3 is 1.67 bits per heavy atom. The van der Waals surface area contributed by atoms with Gasteiger partial charge in [0.1, 0.15) is 11.4 Å². The Bertz CT molecular complexity index is 645. The third kappa shape index (κ3) is 4.20. The van der Waals surface area contributed by atoms with Crippen LogP contribution in [0.5, 0.6) is 5.75 Å². The quantitative estimate of drug-likeness (QED) is 0.574. The average Bonchev–Trinajstić information content (AvgIpc) is 2.55. The second-order valence-corrected chi connectivity index (χ2v) is 8.14. The largest absolute Gasteiger partial charge is 0.488 e. The van der Waals surface area contributed by atoms with Crippen LogP contribution in [-0.2, 0) is 5.41 Å². The van der Waals surface area contributed by atoms with E-state index in [9.17, 15) is 0 Å². The molecule has 0 aromatic heterocycles. The van der Waals surface area contributed by atoms with Crippen LogP contribution in [0.15, 0.2) is 48.5 Å². The fourth-order valence-electron chi connectivity index (χ4n) is 2.78. The molecule has 2 rings (SSSR count). The van der Waals surface area contributed by atoms with Crippen LogP contribution < -0.4 is 4.74 Å². The van der Waals surface area contributed by atoms with Crippen molar-refractivity contribution in [3.8, 4) is 5.75 Å². The fourth-order valence-corrected chi connectivity index (χ4v) is 2.78. The van der Waals surface area contributed by atoms with Crippen molar-refractivity contribution in [3.05, 3.63) is 65.2 Å². The fraction of sp³-hybridized carbons (Fsp3) is 0.478. The van der Waals surface area contributed by atoms with Crippen molar-refractivity contribution >= 4 is 0 Å². The topological polar surface area (TPSA) is 9.23 Å². The van der Waals surface area contributed by atoms with Crippen molar-refractivity contribution in [2.75, 3.05) is 0 Å². The van der Waals surface area contributed by atoms with Crippen molar-refractivity contribution in [2.24, 2.45) is 0 Å². The van der Waals surface area contributed by atoms with Gasteiger partial charge in [-0.15, -0.1) is 0 Å². The van der Waals surface area contributed by atoms with Crippen LogP contribution in [-0.4, -0.2) is 5.60 Å². The second kappa shape index (κ2) is 7.01. The number of hydrogen-bond acceptors (Lipinski definition) is 1. The van der Waals surface area contributed by atoms with Gasteiger partial charge in [0.2, 0.25) is 0 Å². The lowest BCUT2D eigenvalue weighted by Crippen LogP contribution is -2.26. The maximum atomic E-state index is 6.07. The molecule has 0 saturated carbocycles. The molecule has 0 saturated heterocycles. The van der Waals surface area contributed by atoms with Crippen LogP contribution in [0.25, 0.3) is 0 Å². The molecule has 1 nitrogen and oxygen atoms in total. The molecule has 0 aliphatic rings. The summed E-state index contributed by atoms with van der Waals surface area (Å²) in [6.45, 7) is 15.4. The molecule has 1 heteroatoms. The molecule has 2 aromatic carbocycles. The predicted octanol–water partition coefficient (Wildman–Crippen LogP) is 6.70. The summed E-state index contributed by atoms with van der Waals surface area (Å²) < 4.78 is 6.07. The minimum Gasteiger partial charge on any atom is -0.488 e. The Kier molecular flexibility index (Phi) is 5.42. The maximum absolute atomic E-state index is 6.07. The van der Waals surface area contributed by atoms with Crippen molar-refractivity contribution in [3.63, 3.8) is 0 Å². The minimum atomic E-state index is -0.121. The van der Waals surface area contributed by atoms with Crippen LogP contribution >= 0.6 is 0 Å². The first-order valence-corrected chi connectivity index (χ1v) is 9.06. The Morgan fingerprint density at radius 2 is 1.25 bits per heavy atom. The van der Waals surface area contributed by atoms with Crippen molar-refractivity contribution in [2.45, 2.75) is 71.8 Å². The van der Waals surface area contributed by atoms with Crippen LogP contribution in [0.4, 0.5) is 0 Å². The van der Waals surface area contributed by atoms with E-state index >= 15 is 0 Å². The summed E-state index contributed by atoms with van der Waals surface area (Å²) in [6.07, 6.45) is 0.989. The van der Waals surface area contributed by atoms with Gasteiger partial charge in [-0.1, -0.05) is 71.0 Å². The van der Waals surface area contributed by atoms with Gasteiger partial charge in [-0.05, 0) is 55.0 Å². The van der Waals surface area contributed by atoms with E-state index in [0.29, 0.717) is 5.92 Å². The predicted molar refractivity (Wildman–Crippen MR) is 104 cm³/mol. The third-order valence-electron chi connectivity index (χ3n) is 5.12. The molecule has 0 radical (unpaired) electrons. The second-order valence-electron chi connectivity index (χ2n) is 8.14. The lowest BCUT2D eigenvalue weighted by molar-refractivity contribution is 0.105. The number of rotatable bonds is 6. The zero-order valence-electron chi connectivity index (χ0n) is 16.3. The van der Waals surface area contributed by atoms with Gasteiger partial charge >= 0.3 is 0 Å². The molecule has 0 heterocycles. The molecular weight excluding hydrogens is 292 g/mol. The minimum absolute atomic E-state index is 0.0195. The summed E-state index contributed by atoms with van der Waals surface area (Å²) in [4.78, 5) is 0. The lowest BCUT2D eigenvalue weighted by Gasteiger charge is -2.28. The summed E-state index contributed by atoms with van der Waals surface area (Å²) >= 11 is 0. The molecule has 0 atom stereocenters. The highest BCUT2D eigenvalue weighted by atomic mass is 16.5. The van der Waals surface area contributed by atoms with Gasteiger partial charge in [-0.25, -0.2) is 0 Å². The van der Waals surface area contributed by atoms with Gasteiger partial charge < -0.3 is 4.74 Å². The first-order chi connectivity index (χ1) is 11.2. The van der Waals surface area contributed by atoms with E-state index in [0.717, 1.165) is 12.2 Å². The summed E-state index contributed by atoms with van der Waals surface area (Å²) in [6, 6.07) is 17.6. The third-order valence-corrected chi connectivity index (χ3v) is 5.12. The van der Waals surface area contributed by atoms with Crippen molar-refractivity contribution in [1.82, 2.24) is 0 Å². The molecule has 0 N–H and O–H groups in total. The monoisotopic (exact) mass is 324 g/mol. The van der Waals surface area contributed by atoms with Crippen LogP contribution in [0.1, 0.15) is 77.5 Å². The van der Waals surface area contributed by atoms with Crippen molar-refractivity contribution in [1.29, 1.82) is 0 Å². The molecule has 24 heavy (non-hydrogen) atoms. The Labute approximate surface area is 148 Å². The number of hydrogen-bond donors (Lipinski definition) is 0. The summed E-state index contributed by atoms with van der Waals surface area (Å²) in [7, 11) is 0. The van der Waals surface area contributed by atoms with E-state index < -0.39 is 0 Å². The SMILES string of the molecule is CCC(C)(C)Oc1ccc(C(C)(C)c2ccc(C(C)C)cc2)cc1. The average molecular weight is 325 g/mol. The maximum Gasteiger partial charge on any atom is 0.120 e. The lowest BCUT2D eigenvalue weighted by atomic mass is 9.77. The Morgan fingerprint density at radius 1 is 0.792 bits per heavy atom. The highest BCUT2D eigenvalue weighted by Crippen LogP contribution is 2.33. The van der Waals surface area contributed by atoms with Crippen LogP contribution in [0, 0.1) is 0 Å². The first-order valence-electron chi connectivity index (χ1n) is 9.06. The zero-order chi connectivity index (χ0) is 18.0. The van der Waals surface area contributed by atoms with E-state index in [1.807, 2.05) is 0 Å². The summed E-state index contributed by atoms with van der Waals surface area (Å²) in [5, 5.41) is 0. The summed E-state index contributed by atoms with van der Waals surface area (Å²) in [5.41, 5.74) is 3.90. The van der Waals surface area contributed by atoms with Crippen molar-refractivity contribution < 1.29 is 4.74 Å². The van der Waals surface area contributed by atoms with E-state index in [-0.39, 0.29) is 11.0 Å². The number of ether oxygens (including phenoxy) is 1. The molecule has 0 aliphatic carbocycles. The summed E-state index contributed by atoms with van der Waals surface area (Å²) in [5.74, 6) is 1.51. The number of benzene rings is 2. The zero-order valence-corrected chi connectivity index (χ0v) is 16.3.